The van der Waals surface area contributed by atoms with Gasteiger partial charge in [0, 0.05) is 24.1 Å². The van der Waals surface area contributed by atoms with E-state index in [9.17, 15) is 9.18 Å². The number of hydrogen-bond acceptors (Lipinski definition) is 4. The maximum Gasteiger partial charge on any atom is 0.228 e. The Balaban J connectivity index is 1.51. The number of carbonyl (C=O) groups excluding carboxylic acids is 1. The van der Waals surface area contributed by atoms with Gasteiger partial charge < -0.3 is 10.1 Å². The van der Waals surface area contributed by atoms with Crippen LogP contribution in [0.4, 0.5) is 4.39 Å². The molecule has 1 aliphatic heterocycles. The highest BCUT2D eigenvalue weighted by molar-refractivity contribution is 6.30. The normalized spacial score (nSPS) is 15.5. The van der Waals surface area contributed by atoms with Gasteiger partial charge in [0.1, 0.15) is 17.4 Å². The van der Waals surface area contributed by atoms with Gasteiger partial charge >= 0.3 is 0 Å². The van der Waals surface area contributed by atoms with Gasteiger partial charge in [-0.25, -0.2) is 14.1 Å². The molecule has 1 aromatic heterocycles. The molecule has 0 saturated carbocycles. The second-order valence-electron chi connectivity index (χ2n) is 6.77. The van der Waals surface area contributed by atoms with Crippen molar-refractivity contribution in [1.29, 1.82) is 0 Å². The molecule has 4 rings (SSSR count). The standard InChI is InChI=1S/C21H20ClFN4O2/c1-2-27-19(25-21(26-27)13-7-8-15(22)16(23)11-13)12-20(28)24-17-9-10-29-18-6-4-3-5-14(17)18/h3-8,11,17H,2,9-10,12H2,1H3,(H,24,28)/t17-/m1/s1. The second-order valence-corrected chi connectivity index (χ2v) is 7.18. The van der Waals surface area contributed by atoms with E-state index in [-0.39, 0.29) is 23.4 Å². The van der Waals surface area contributed by atoms with Gasteiger partial charge in [-0.3, -0.25) is 4.79 Å². The van der Waals surface area contributed by atoms with Crippen LogP contribution >= 0.6 is 11.6 Å². The van der Waals surface area contributed by atoms with Gasteiger partial charge in [-0.05, 0) is 31.2 Å². The molecule has 0 saturated heterocycles. The topological polar surface area (TPSA) is 69.0 Å². The Hall–Kier alpha value is -2.93. The van der Waals surface area contributed by atoms with Gasteiger partial charge in [0.15, 0.2) is 5.82 Å². The van der Waals surface area contributed by atoms with Crippen LogP contribution in [0.5, 0.6) is 5.75 Å². The molecule has 150 valence electrons. The fourth-order valence-corrected chi connectivity index (χ4v) is 3.51. The zero-order valence-corrected chi connectivity index (χ0v) is 16.6. The van der Waals surface area contributed by atoms with Crippen LogP contribution in [-0.4, -0.2) is 27.3 Å². The smallest absolute Gasteiger partial charge is 0.228 e. The molecule has 6 nitrogen and oxygen atoms in total. The van der Waals surface area contributed by atoms with Crippen LogP contribution in [0.1, 0.15) is 30.8 Å². The lowest BCUT2D eigenvalue weighted by Crippen LogP contribution is -2.33. The zero-order valence-electron chi connectivity index (χ0n) is 15.9. The summed E-state index contributed by atoms with van der Waals surface area (Å²) < 4.78 is 21.1. The molecular weight excluding hydrogens is 395 g/mol. The second kappa shape index (κ2) is 8.21. The quantitative estimate of drug-likeness (QED) is 0.686. The Morgan fingerprint density at radius 1 is 1.34 bits per heavy atom. The van der Waals surface area contributed by atoms with Crippen LogP contribution in [0.2, 0.25) is 5.02 Å². The number of benzene rings is 2. The molecule has 0 unspecified atom stereocenters. The molecule has 0 radical (unpaired) electrons. The minimum atomic E-state index is -0.533. The number of carbonyl (C=O) groups is 1. The zero-order chi connectivity index (χ0) is 20.4. The summed E-state index contributed by atoms with van der Waals surface area (Å²) in [5.74, 6) is 1.00. The summed E-state index contributed by atoms with van der Waals surface area (Å²) in [6.45, 7) is 3.02. The summed E-state index contributed by atoms with van der Waals surface area (Å²) in [5, 5.41) is 7.51. The third-order valence-electron chi connectivity index (χ3n) is 4.84. The van der Waals surface area contributed by atoms with Gasteiger partial charge in [-0.15, -0.1) is 0 Å². The number of nitrogens with zero attached hydrogens (tertiary/aromatic N) is 3. The van der Waals surface area contributed by atoms with Gasteiger partial charge in [0.25, 0.3) is 0 Å². The van der Waals surface area contributed by atoms with E-state index in [4.69, 9.17) is 16.3 Å². The summed E-state index contributed by atoms with van der Waals surface area (Å²) in [4.78, 5) is 17.1. The Labute approximate surface area is 172 Å². The monoisotopic (exact) mass is 414 g/mol. The molecule has 1 aliphatic rings. The van der Waals surface area contributed by atoms with Crippen molar-refractivity contribution in [2.45, 2.75) is 32.4 Å². The van der Waals surface area contributed by atoms with Crippen molar-refractivity contribution in [3.8, 4) is 17.1 Å². The number of halogens is 2. The molecule has 0 fully saturated rings. The van der Waals surface area contributed by atoms with Gasteiger partial charge in [-0.1, -0.05) is 29.8 Å². The maximum absolute atomic E-state index is 13.8. The summed E-state index contributed by atoms with van der Waals surface area (Å²) in [7, 11) is 0. The van der Waals surface area contributed by atoms with Crippen LogP contribution in [0.15, 0.2) is 42.5 Å². The van der Waals surface area contributed by atoms with Crippen LogP contribution in [-0.2, 0) is 17.8 Å². The molecule has 0 aliphatic carbocycles. The fraction of sp³-hybridized carbons (Fsp3) is 0.286. The van der Waals surface area contributed by atoms with Crippen molar-refractivity contribution in [3.63, 3.8) is 0 Å². The highest BCUT2D eigenvalue weighted by Crippen LogP contribution is 2.31. The van der Waals surface area contributed by atoms with E-state index in [1.807, 2.05) is 31.2 Å². The molecule has 29 heavy (non-hydrogen) atoms. The summed E-state index contributed by atoms with van der Waals surface area (Å²) in [5.41, 5.74) is 1.49. The molecule has 2 aromatic carbocycles. The van der Waals surface area contributed by atoms with E-state index in [2.05, 4.69) is 15.4 Å². The van der Waals surface area contributed by atoms with Gasteiger partial charge in [-0.2, -0.15) is 5.10 Å². The fourth-order valence-electron chi connectivity index (χ4n) is 3.40. The van der Waals surface area contributed by atoms with Gasteiger partial charge in [0.2, 0.25) is 5.91 Å². The lowest BCUT2D eigenvalue weighted by atomic mass is 10.0. The van der Waals surface area contributed by atoms with E-state index in [0.29, 0.717) is 36.8 Å². The Bertz CT molecular complexity index is 1050. The first-order valence-electron chi connectivity index (χ1n) is 9.45. The predicted octanol–water partition coefficient (Wildman–Crippen LogP) is 3.94. The lowest BCUT2D eigenvalue weighted by molar-refractivity contribution is -0.121. The van der Waals surface area contributed by atoms with Crippen molar-refractivity contribution in [1.82, 2.24) is 20.1 Å². The largest absolute Gasteiger partial charge is 0.493 e. The van der Waals surface area contributed by atoms with Crippen molar-refractivity contribution in [3.05, 3.63) is 64.7 Å². The molecular formula is C21H20ClFN4O2. The number of rotatable bonds is 5. The lowest BCUT2D eigenvalue weighted by Gasteiger charge is -2.26. The molecule has 2 heterocycles. The number of para-hydroxylation sites is 1. The molecule has 0 bridgehead atoms. The first-order chi connectivity index (χ1) is 14.0. The molecule has 1 amide bonds. The molecule has 0 spiro atoms. The summed E-state index contributed by atoms with van der Waals surface area (Å²) >= 11 is 5.75. The summed E-state index contributed by atoms with van der Waals surface area (Å²) in [6.07, 6.45) is 0.787. The van der Waals surface area contributed by atoms with Crippen molar-refractivity contribution in [2.24, 2.45) is 0 Å². The maximum atomic E-state index is 13.8. The highest BCUT2D eigenvalue weighted by Gasteiger charge is 2.23. The number of hydrogen-bond donors (Lipinski definition) is 1. The average molecular weight is 415 g/mol. The minimum Gasteiger partial charge on any atom is -0.493 e. The SMILES string of the molecule is CCn1nc(-c2ccc(Cl)c(F)c2)nc1CC(=O)N[C@@H]1CCOc2ccccc21. The number of fused-ring (bicyclic) bond motifs is 1. The first-order valence-corrected chi connectivity index (χ1v) is 9.83. The average Bonchev–Trinajstić information content (AvgIpc) is 3.13. The van der Waals surface area contributed by atoms with Crippen molar-refractivity contribution >= 4 is 17.5 Å². The summed E-state index contributed by atoms with van der Waals surface area (Å²) in [6, 6.07) is 12.0. The van der Waals surface area contributed by atoms with E-state index < -0.39 is 5.82 Å². The van der Waals surface area contributed by atoms with Crippen molar-refractivity contribution < 1.29 is 13.9 Å². The number of amides is 1. The van der Waals surface area contributed by atoms with E-state index in [1.165, 1.54) is 12.1 Å². The third-order valence-corrected chi connectivity index (χ3v) is 5.14. The molecule has 1 N–H and O–H groups in total. The Kier molecular flexibility index (Phi) is 5.49. The number of nitrogens with one attached hydrogen (secondary N) is 1. The molecule has 1 atom stereocenters. The molecule has 3 aromatic rings. The Morgan fingerprint density at radius 2 is 2.17 bits per heavy atom. The number of aromatic nitrogens is 3. The predicted molar refractivity (Wildman–Crippen MR) is 107 cm³/mol. The Morgan fingerprint density at radius 3 is 2.97 bits per heavy atom. The number of aryl methyl sites for hydroxylation is 1. The molecule has 8 heteroatoms. The van der Waals surface area contributed by atoms with Crippen LogP contribution < -0.4 is 10.1 Å². The van der Waals surface area contributed by atoms with E-state index >= 15 is 0 Å². The van der Waals surface area contributed by atoms with Crippen LogP contribution in [0.25, 0.3) is 11.4 Å². The minimum absolute atomic E-state index is 0.0417. The van der Waals surface area contributed by atoms with Gasteiger partial charge in [0.05, 0.1) is 24.1 Å². The van der Waals surface area contributed by atoms with Crippen molar-refractivity contribution in [2.75, 3.05) is 6.61 Å². The van der Waals surface area contributed by atoms with Crippen LogP contribution in [0, 0.1) is 5.82 Å². The third kappa shape index (κ3) is 4.10. The van der Waals surface area contributed by atoms with Crippen LogP contribution in [0.3, 0.4) is 0 Å². The van der Waals surface area contributed by atoms with E-state index in [0.717, 1.165) is 11.3 Å². The number of ether oxygens (including phenoxy) is 1. The highest BCUT2D eigenvalue weighted by atomic mass is 35.5. The van der Waals surface area contributed by atoms with E-state index in [1.54, 1.807) is 10.7 Å². The first kappa shape index (κ1) is 19.4.